The van der Waals surface area contributed by atoms with Crippen molar-refractivity contribution in [3.63, 3.8) is 0 Å². The van der Waals surface area contributed by atoms with E-state index in [1.54, 1.807) is 13.1 Å². The predicted octanol–water partition coefficient (Wildman–Crippen LogP) is 3.44. The van der Waals surface area contributed by atoms with E-state index in [9.17, 15) is 4.39 Å². The monoisotopic (exact) mass is 511 g/mol. The molecule has 1 atom stereocenters. The second-order valence-corrected chi connectivity index (χ2v) is 7.35. The van der Waals surface area contributed by atoms with E-state index in [-0.39, 0.29) is 29.8 Å². The lowest BCUT2D eigenvalue weighted by Crippen LogP contribution is -2.42. The number of nitrogens with zero attached hydrogens (tertiary/aromatic N) is 2. The lowest BCUT2D eigenvalue weighted by atomic mass is 9.87. The summed E-state index contributed by atoms with van der Waals surface area (Å²) in [6, 6.07) is 5.05. The molecule has 134 valence electrons. The van der Waals surface area contributed by atoms with Crippen LogP contribution >= 0.6 is 39.9 Å². The van der Waals surface area contributed by atoms with Crippen molar-refractivity contribution in [3.8, 4) is 0 Å². The van der Waals surface area contributed by atoms with Crippen molar-refractivity contribution >= 4 is 45.9 Å². The first-order chi connectivity index (χ1) is 11.1. The smallest absolute Gasteiger partial charge is 0.193 e. The standard InChI is InChI=1S/C17H23BrFN3O.HI/c1-20-16(22-8-5-17(11-22)6-9-23-12-17)21-7-4-13-10-14(18)2-3-15(13)19;/h2-3,10H,4-9,11-12H2,1H3,(H,20,21);1H. The van der Waals surface area contributed by atoms with Crippen LogP contribution in [0.4, 0.5) is 4.39 Å². The Morgan fingerprint density at radius 3 is 3.00 bits per heavy atom. The Bertz CT molecular complexity index is 593. The molecule has 0 saturated carbocycles. The minimum Gasteiger partial charge on any atom is -0.381 e. The highest BCUT2D eigenvalue weighted by Gasteiger charge is 2.42. The van der Waals surface area contributed by atoms with Crippen molar-refractivity contribution in [1.29, 1.82) is 0 Å². The summed E-state index contributed by atoms with van der Waals surface area (Å²) in [6.45, 7) is 4.41. The van der Waals surface area contributed by atoms with Crippen LogP contribution in [-0.2, 0) is 11.2 Å². The normalized spacial score (nSPS) is 23.6. The topological polar surface area (TPSA) is 36.9 Å². The van der Waals surface area contributed by atoms with Crippen LogP contribution in [0, 0.1) is 11.2 Å². The lowest BCUT2D eigenvalue weighted by molar-refractivity contribution is 0.156. The summed E-state index contributed by atoms with van der Waals surface area (Å²) in [6.07, 6.45) is 2.93. The van der Waals surface area contributed by atoms with Gasteiger partial charge in [0.2, 0.25) is 0 Å². The van der Waals surface area contributed by atoms with E-state index in [0.29, 0.717) is 23.9 Å². The molecule has 2 saturated heterocycles. The first-order valence-corrected chi connectivity index (χ1v) is 8.88. The fourth-order valence-electron chi connectivity index (χ4n) is 3.46. The summed E-state index contributed by atoms with van der Waals surface area (Å²) in [4.78, 5) is 6.68. The molecule has 2 fully saturated rings. The molecule has 2 aliphatic rings. The van der Waals surface area contributed by atoms with Crippen molar-refractivity contribution < 1.29 is 9.13 Å². The van der Waals surface area contributed by atoms with Crippen LogP contribution in [0.3, 0.4) is 0 Å². The Labute approximate surface area is 168 Å². The SMILES string of the molecule is CN=C(NCCc1cc(Br)ccc1F)N1CCC2(CCOC2)C1.I. The largest absolute Gasteiger partial charge is 0.381 e. The summed E-state index contributed by atoms with van der Waals surface area (Å²) in [5, 5.41) is 3.37. The number of hydrogen-bond acceptors (Lipinski definition) is 2. The molecular weight excluding hydrogens is 488 g/mol. The highest BCUT2D eigenvalue weighted by atomic mass is 127. The van der Waals surface area contributed by atoms with Crippen molar-refractivity contribution in [1.82, 2.24) is 10.2 Å². The van der Waals surface area contributed by atoms with Gasteiger partial charge in [-0.3, -0.25) is 4.99 Å². The van der Waals surface area contributed by atoms with Crippen LogP contribution in [0.5, 0.6) is 0 Å². The van der Waals surface area contributed by atoms with Crippen LogP contribution in [0.1, 0.15) is 18.4 Å². The fourth-order valence-corrected chi connectivity index (χ4v) is 3.87. The van der Waals surface area contributed by atoms with Gasteiger partial charge in [-0.05, 0) is 43.0 Å². The predicted molar refractivity (Wildman–Crippen MR) is 109 cm³/mol. The Morgan fingerprint density at radius 2 is 2.29 bits per heavy atom. The molecule has 2 heterocycles. The molecular formula is C17H24BrFIN3O. The number of likely N-dealkylation sites (tertiary alicyclic amines) is 1. The summed E-state index contributed by atoms with van der Waals surface area (Å²) in [5.41, 5.74) is 1.03. The second kappa shape index (κ2) is 8.80. The molecule has 1 unspecified atom stereocenters. The van der Waals surface area contributed by atoms with Crippen molar-refractivity contribution in [3.05, 3.63) is 34.1 Å². The van der Waals surface area contributed by atoms with E-state index < -0.39 is 0 Å². The van der Waals surface area contributed by atoms with E-state index in [0.717, 1.165) is 49.6 Å². The summed E-state index contributed by atoms with van der Waals surface area (Å²) in [5.74, 6) is 0.748. The summed E-state index contributed by atoms with van der Waals surface area (Å²) >= 11 is 3.39. The van der Waals surface area contributed by atoms with E-state index in [4.69, 9.17) is 4.74 Å². The Kier molecular flexibility index (Phi) is 7.30. The zero-order chi connectivity index (χ0) is 16.3. The van der Waals surface area contributed by atoms with Crippen LogP contribution in [0.2, 0.25) is 0 Å². The molecule has 0 radical (unpaired) electrons. The maximum Gasteiger partial charge on any atom is 0.193 e. The van der Waals surface area contributed by atoms with E-state index in [1.165, 1.54) is 6.07 Å². The molecule has 3 rings (SSSR count). The van der Waals surface area contributed by atoms with Gasteiger partial charge in [0.25, 0.3) is 0 Å². The molecule has 1 aromatic carbocycles. The average Bonchev–Trinajstić information content (AvgIpc) is 3.18. The van der Waals surface area contributed by atoms with Crippen LogP contribution in [0.15, 0.2) is 27.7 Å². The highest BCUT2D eigenvalue weighted by molar-refractivity contribution is 14.0. The maximum absolute atomic E-state index is 13.8. The first-order valence-electron chi connectivity index (χ1n) is 8.09. The van der Waals surface area contributed by atoms with Crippen LogP contribution < -0.4 is 5.32 Å². The van der Waals surface area contributed by atoms with Gasteiger partial charge in [-0.25, -0.2) is 4.39 Å². The number of halogens is 3. The third-order valence-corrected chi connectivity index (χ3v) is 5.31. The quantitative estimate of drug-likeness (QED) is 0.384. The number of guanidine groups is 1. The number of nitrogens with one attached hydrogen (secondary N) is 1. The van der Waals surface area contributed by atoms with Gasteiger partial charge in [-0.15, -0.1) is 24.0 Å². The lowest BCUT2D eigenvalue weighted by Gasteiger charge is -2.25. The van der Waals surface area contributed by atoms with Gasteiger partial charge in [-0.2, -0.15) is 0 Å². The van der Waals surface area contributed by atoms with Gasteiger partial charge in [0.05, 0.1) is 6.61 Å². The van der Waals surface area contributed by atoms with Gasteiger partial charge in [0.15, 0.2) is 5.96 Å². The zero-order valence-electron chi connectivity index (χ0n) is 13.9. The maximum atomic E-state index is 13.8. The highest BCUT2D eigenvalue weighted by Crippen LogP contribution is 2.38. The van der Waals surface area contributed by atoms with E-state index in [1.807, 2.05) is 6.07 Å². The minimum absolute atomic E-state index is 0. The minimum atomic E-state index is -0.159. The van der Waals surface area contributed by atoms with E-state index in [2.05, 4.69) is 31.1 Å². The molecule has 4 nitrogen and oxygen atoms in total. The molecule has 24 heavy (non-hydrogen) atoms. The molecule has 1 N–H and O–H groups in total. The number of hydrogen-bond donors (Lipinski definition) is 1. The Balaban J connectivity index is 0.00000208. The number of rotatable bonds is 3. The van der Waals surface area contributed by atoms with Gasteiger partial charge in [0, 0.05) is 43.2 Å². The van der Waals surface area contributed by atoms with Gasteiger partial charge in [-0.1, -0.05) is 15.9 Å². The molecule has 2 aliphatic heterocycles. The van der Waals surface area contributed by atoms with Crippen LogP contribution in [-0.4, -0.2) is 50.8 Å². The molecule has 7 heteroatoms. The summed E-state index contributed by atoms with van der Waals surface area (Å²) < 4.78 is 20.3. The fraction of sp³-hybridized carbons (Fsp3) is 0.588. The van der Waals surface area contributed by atoms with E-state index >= 15 is 0 Å². The molecule has 0 aliphatic carbocycles. The van der Waals surface area contributed by atoms with Gasteiger partial charge >= 0.3 is 0 Å². The van der Waals surface area contributed by atoms with Gasteiger partial charge in [0.1, 0.15) is 5.82 Å². The zero-order valence-corrected chi connectivity index (χ0v) is 17.8. The molecule has 0 amide bonds. The first kappa shape index (κ1) is 19.9. The van der Waals surface area contributed by atoms with Crippen molar-refractivity contribution in [2.75, 3.05) is 39.9 Å². The number of benzene rings is 1. The van der Waals surface area contributed by atoms with Gasteiger partial charge < -0.3 is 15.0 Å². The van der Waals surface area contributed by atoms with Crippen LogP contribution in [0.25, 0.3) is 0 Å². The average molecular weight is 512 g/mol. The summed E-state index contributed by atoms with van der Waals surface area (Å²) in [7, 11) is 1.80. The molecule has 0 bridgehead atoms. The Hall–Kier alpha value is -0.410. The van der Waals surface area contributed by atoms with Crippen molar-refractivity contribution in [2.45, 2.75) is 19.3 Å². The number of ether oxygens (including phenoxy) is 1. The second-order valence-electron chi connectivity index (χ2n) is 6.43. The third-order valence-electron chi connectivity index (χ3n) is 4.82. The third kappa shape index (κ3) is 4.60. The number of aliphatic imine (C=N–C) groups is 1. The molecule has 1 spiro atoms. The Morgan fingerprint density at radius 1 is 1.46 bits per heavy atom. The molecule has 1 aromatic rings. The van der Waals surface area contributed by atoms with Crippen molar-refractivity contribution in [2.24, 2.45) is 10.4 Å². The molecule has 0 aromatic heterocycles.